The fourth-order valence-corrected chi connectivity index (χ4v) is 3.10. The molecule has 8 nitrogen and oxygen atoms in total. The van der Waals surface area contributed by atoms with E-state index in [0.29, 0.717) is 37.1 Å². The minimum atomic E-state index is 0.0670. The van der Waals surface area contributed by atoms with Crippen LogP contribution in [0.4, 0.5) is 0 Å². The third-order valence-electron chi connectivity index (χ3n) is 4.69. The molecule has 25 heavy (non-hydrogen) atoms. The van der Waals surface area contributed by atoms with Gasteiger partial charge < -0.3 is 18.6 Å². The summed E-state index contributed by atoms with van der Waals surface area (Å²) in [5, 5.41) is 3.90. The number of rotatable bonds is 7. The van der Waals surface area contributed by atoms with Gasteiger partial charge >= 0.3 is 0 Å². The summed E-state index contributed by atoms with van der Waals surface area (Å²) >= 11 is 0. The molecule has 2 aromatic heterocycles. The summed E-state index contributed by atoms with van der Waals surface area (Å²) in [4.78, 5) is 20.7. The smallest absolute Gasteiger partial charge is 0.227 e. The molecule has 0 radical (unpaired) electrons. The van der Waals surface area contributed by atoms with Crippen LogP contribution >= 0.6 is 0 Å². The minimum Gasteiger partial charge on any atom is -0.472 e. The number of nitrogens with zero attached hydrogens (tertiary/aromatic N) is 4. The molecule has 8 heteroatoms. The first-order valence-corrected chi connectivity index (χ1v) is 8.39. The molecule has 3 rings (SSSR count). The maximum absolute atomic E-state index is 12.4. The average molecular weight is 348 g/mol. The Kier molecular flexibility index (Phi) is 5.50. The van der Waals surface area contributed by atoms with Crippen molar-refractivity contribution in [3.63, 3.8) is 0 Å². The number of aromatic nitrogens is 2. The quantitative estimate of drug-likeness (QED) is 0.748. The zero-order chi connectivity index (χ0) is 17.8. The van der Waals surface area contributed by atoms with Crippen LogP contribution < -0.4 is 0 Å². The van der Waals surface area contributed by atoms with E-state index in [9.17, 15) is 4.79 Å². The van der Waals surface area contributed by atoms with Crippen LogP contribution in [-0.4, -0.2) is 72.3 Å². The Morgan fingerprint density at radius 2 is 2.36 bits per heavy atom. The highest BCUT2D eigenvalue weighted by molar-refractivity contribution is 5.76. The van der Waals surface area contributed by atoms with Gasteiger partial charge in [-0.15, -0.1) is 0 Å². The Bertz CT molecular complexity index is 685. The normalized spacial score (nSPS) is 20.9. The lowest BCUT2D eigenvalue weighted by molar-refractivity contribution is -0.130. The topological polar surface area (TPSA) is 84.8 Å². The predicted molar refractivity (Wildman–Crippen MR) is 89.8 cm³/mol. The number of hydrogen-bond donors (Lipinski definition) is 0. The van der Waals surface area contributed by atoms with Crippen LogP contribution in [0.25, 0.3) is 11.4 Å². The standard InChI is InChI=1S/C17H24N4O4/c1-20-10-14(23-3)8-13(20)9-21(2)16(22)5-4-15-18-17(19-25-15)12-6-7-24-11-12/h6-7,11,13-14H,4-5,8-10H2,1-3H3/t13-,14-/m0/s1. The van der Waals surface area contributed by atoms with Crippen molar-refractivity contribution >= 4 is 5.91 Å². The summed E-state index contributed by atoms with van der Waals surface area (Å²) in [5.41, 5.74) is 0.760. The first-order chi connectivity index (χ1) is 12.1. The fraction of sp³-hybridized carbons (Fsp3) is 0.588. The van der Waals surface area contributed by atoms with Gasteiger partial charge in [0.25, 0.3) is 0 Å². The molecule has 1 amide bonds. The van der Waals surface area contributed by atoms with Crippen LogP contribution in [0.5, 0.6) is 0 Å². The van der Waals surface area contributed by atoms with Gasteiger partial charge in [0.05, 0.1) is 17.9 Å². The molecule has 2 atom stereocenters. The van der Waals surface area contributed by atoms with E-state index in [4.69, 9.17) is 13.7 Å². The van der Waals surface area contributed by atoms with E-state index >= 15 is 0 Å². The van der Waals surface area contributed by atoms with Crippen molar-refractivity contribution in [3.05, 3.63) is 24.5 Å². The highest BCUT2D eigenvalue weighted by Crippen LogP contribution is 2.19. The van der Waals surface area contributed by atoms with Gasteiger partial charge in [0.2, 0.25) is 17.6 Å². The molecule has 2 aromatic rings. The summed E-state index contributed by atoms with van der Waals surface area (Å²) in [6.45, 7) is 1.60. The fourth-order valence-electron chi connectivity index (χ4n) is 3.10. The lowest BCUT2D eigenvalue weighted by atomic mass is 10.2. The van der Waals surface area contributed by atoms with Gasteiger partial charge in [0.15, 0.2) is 0 Å². The van der Waals surface area contributed by atoms with Crippen molar-refractivity contribution in [2.75, 3.05) is 34.3 Å². The molecule has 136 valence electrons. The summed E-state index contributed by atoms with van der Waals surface area (Å²) in [7, 11) is 5.64. The molecule has 0 aromatic carbocycles. The van der Waals surface area contributed by atoms with Crippen LogP contribution in [0.15, 0.2) is 27.5 Å². The maximum Gasteiger partial charge on any atom is 0.227 e. The number of methoxy groups -OCH3 is 1. The van der Waals surface area contributed by atoms with Gasteiger partial charge in [0.1, 0.15) is 6.26 Å². The monoisotopic (exact) mass is 348 g/mol. The Balaban J connectivity index is 1.47. The van der Waals surface area contributed by atoms with Crippen LogP contribution in [0.3, 0.4) is 0 Å². The third-order valence-corrected chi connectivity index (χ3v) is 4.69. The molecule has 1 saturated heterocycles. The molecule has 0 spiro atoms. The van der Waals surface area contributed by atoms with Crippen LogP contribution in [0.1, 0.15) is 18.7 Å². The van der Waals surface area contributed by atoms with Crippen molar-refractivity contribution in [3.8, 4) is 11.4 Å². The highest BCUT2D eigenvalue weighted by Gasteiger charge is 2.30. The summed E-state index contributed by atoms with van der Waals surface area (Å²) in [6.07, 6.45) is 5.07. The second kappa shape index (κ2) is 7.79. The Morgan fingerprint density at radius 3 is 3.04 bits per heavy atom. The van der Waals surface area contributed by atoms with Crippen LogP contribution in [0.2, 0.25) is 0 Å². The zero-order valence-electron chi connectivity index (χ0n) is 14.8. The lowest BCUT2D eigenvalue weighted by Gasteiger charge is -2.25. The molecule has 1 fully saturated rings. The molecule has 0 saturated carbocycles. The number of furan rings is 1. The number of likely N-dealkylation sites (N-methyl/N-ethyl adjacent to an activating group) is 2. The van der Waals surface area contributed by atoms with Crippen LogP contribution in [0, 0.1) is 0 Å². The largest absolute Gasteiger partial charge is 0.472 e. The van der Waals surface area contributed by atoms with Crippen molar-refractivity contribution < 1.29 is 18.5 Å². The van der Waals surface area contributed by atoms with E-state index in [-0.39, 0.29) is 12.0 Å². The van der Waals surface area contributed by atoms with E-state index in [1.54, 1.807) is 30.6 Å². The van der Waals surface area contributed by atoms with E-state index in [1.165, 1.54) is 0 Å². The first kappa shape index (κ1) is 17.6. The SMILES string of the molecule is CO[C@H]1C[C@@H](CN(C)C(=O)CCc2nc(-c3ccoc3)no2)N(C)C1. The number of hydrogen-bond acceptors (Lipinski definition) is 7. The number of amides is 1. The third kappa shape index (κ3) is 4.26. The molecule has 3 heterocycles. The number of ether oxygens (including phenoxy) is 1. The number of likely N-dealkylation sites (tertiary alicyclic amines) is 1. The van der Waals surface area contributed by atoms with E-state index in [0.717, 1.165) is 18.5 Å². The maximum atomic E-state index is 12.4. The van der Waals surface area contributed by atoms with Gasteiger partial charge in [-0.25, -0.2) is 0 Å². The summed E-state index contributed by atoms with van der Waals surface area (Å²) in [6, 6.07) is 2.09. The van der Waals surface area contributed by atoms with Gasteiger partial charge in [0, 0.05) is 46.1 Å². The molecule has 0 aliphatic carbocycles. The summed E-state index contributed by atoms with van der Waals surface area (Å²) in [5.74, 6) is 0.996. The predicted octanol–water partition coefficient (Wildman–Crippen LogP) is 1.44. The number of carbonyl (C=O) groups is 1. The average Bonchev–Trinajstić information content (AvgIpc) is 3.33. The zero-order valence-corrected chi connectivity index (χ0v) is 14.8. The molecule has 0 bridgehead atoms. The van der Waals surface area contributed by atoms with Crippen molar-refractivity contribution in [2.45, 2.75) is 31.4 Å². The Hall–Kier alpha value is -2.19. The van der Waals surface area contributed by atoms with Crippen LogP contribution in [-0.2, 0) is 16.0 Å². The van der Waals surface area contributed by atoms with Gasteiger partial charge in [-0.2, -0.15) is 4.98 Å². The van der Waals surface area contributed by atoms with Crippen molar-refractivity contribution in [1.82, 2.24) is 19.9 Å². The Morgan fingerprint density at radius 1 is 1.52 bits per heavy atom. The highest BCUT2D eigenvalue weighted by atomic mass is 16.5. The number of aryl methyl sites for hydroxylation is 1. The van der Waals surface area contributed by atoms with Gasteiger partial charge in [-0.05, 0) is 19.5 Å². The first-order valence-electron chi connectivity index (χ1n) is 8.39. The number of carbonyl (C=O) groups excluding carboxylic acids is 1. The molecule has 0 unspecified atom stereocenters. The molecule has 1 aliphatic heterocycles. The second-order valence-corrected chi connectivity index (χ2v) is 6.48. The summed E-state index contributed by atoms with van der Waals surface area (Å²) < 4.78 is 15.6. The Labute approximate surface area is 146 Å². The second-order valence-electron chi connectivity index (χ2n) is 6.48. The van der Waals surface area contributed by atoms with Gasteiger partial charge in [-0.1, -0.05) is 5.16 Å². The van der Waals surface area contributed by atoms with Gasteiger partial charge in [-0.3, -0.25) is 9.69 Å². The minimum absolute atomic E-state index is 0.0670. The van der Waals surface area contributed by atoms with Crippen molar-refractivity contribution in [2.24, 2.45) is 0 Å². The van der Waals surface area contributed by atoms with E-state index in [1.807, 2.05) is 7.05 Å². The van der Waals surface area contributed by atoms with E-state index in [2.05, 4.69) is 22.1 Å². The van der Waals surface area contributed by atoms with E-state index < -0.39 is 0 Å². The molecular weight excluding hydrogens is 324 g/mol. The molecule has 1 aliphatic rings. The molecular formula is C17H24N4O4. The van der Waals surface area contributed by atoms with Crippen molar-refractivity contribution in [1.29, 1.82) is 0 Å². The lowest BCUT2D eigenvalue weighted by Crippen LogP contribution is -2.39. The molecule has 0 N–H and O–H groups in total.